The summed E-state index contributed by atoms with van der Waals surface area (Å²) in [6.07, 6.45) is 1.66. The van der Waals surface area contributed by atoms with Gasteiger partial charge in [-0.1, -0.05) is 11.6 Å². The minimum atomic E-state index is -0.124. The Hall–Kier alpha value is -0.690. The van der Waals surface area contributed by atoms with Gasteiger partial charge in [0.05, 0.1) is 12.7 Å². The molecule has 2 rings (SSSR count). The number of halogens is 1. The van der Waals surface area contributed by atoms with E-state index in [0.717, 1.165) is 18.1 Å². The molecule has 2 heterocycles. The first-order chi connectivity index (χ1) is 8.70. The largest absolute Gasteiger partial charge is 0.355 e. The Labute approximate surface area is 116 Å². The highest BCUT2D eigenvalue weighted by Crippen LogP contribution is 2.20. The molecule has 0 bridgehead atoms. The van der Waals surface area contributed by atoms with Crippen LogP contribution in [0.4, 0.5) is 0 Å². The summed E-state index contributed by atoms with van der Waals surface area (Å²) in [4.78, 5) is 18.4. The Morgan fingerprint density at radius 1 is 1.78 bits per heavy atom. The van der Waals surface area contributed by atoms with Gasteiger partial charge in [-0.15, -0.1) is 11.3 Å². The third-order valence-electron chi connectivity index (χ3n) is 2.87. The molecule has 0 aliphatic carbocycles. The maximum atomic E-state index is 12.0. The van der Waals surface area contributed by atoms with Crippen molar-refractivity contribution in [3.63, 3.8) is 0 Å². The second-order valence-electron chi connectivity index (χ2n) is 4.14. The van der Waals surface area contributed by atoms with Gasteiger partial charge in [0.25, 0.3) is 0 Å². The van der Waals surface area contributed by atoms with Crippen molar-refractivity contribution in [1.29, 1.82) is 0 Å². The molecule has 1 aliphatic rings. The van der Waals surface area contributed by atoms with Gasteiger partial charge in [-0.2, -0.15) is 0 Å². The van der Waals surface area contributed by atoms with Crippen LogP contribution in [0.2, 0.25) is 4.34 Å². The summed E-state index contributed by atoms with van der Waals surface area (Å²) >= 11 is 7.34. The van der Waals surface area contributed by atoms with E-state index in [-0.39, 0.29) is 11.9 Å². The average molecular weight is 289 g/mol. The number of hydrogen-bond acceptors (Lipinski definition) is 5. The summed E-state index contributed by atoms with van der Waals surface area (Å²) in [6, 6.07) is -0.124. The van der Waals surface area contributed by atoms with E-state index >= 15 is 0 Å². The summed E-state index contributed by atoms with van der Waals surface area (Å²) in [5.41, 5.74) is 0. The highest BCUT2D eigenvalue weighted by molar-refractivity contribution is 7.15. The quantitative estimate of drug-likeness (QED) is 0.857. The number of carbonyl (C=O) groups is 1. The summed E-state index contributed by atoms with van der Waals surface area (Å²) in [7, 11) is 0. The van der Waals surface area contributed by atoms with Gasteiger partial charge in [0.2, 0.25) is 5.91 Å². The van der Waals surface area contributed by atoms with Crippen LogP contribution >= 0.6 is 22.9 Å². The van der Waals surface area contributed by atoms with Gasteiger partial charge in [-0.05, 0) is 6.92 Å². The summed E-state index contributed by atoms with van der Waals surface area (Å²) in [5.74, 6) is 0.0763. The molecule has 1 aromatic rings. The molecule has 0 spiro atoms. The van der Waals surface area contributed by atoms with Crippen LogP contribution in [-0.4, -0.2) is 48.0 Å². The Kier molecular flexibility index (Phi) is 4.94. The SMILES string of the molecule is CCNC(=O)C1CNCCN1Cc1ncc(Cl)s1. The van der Waals surface area contributed by atoms with E-state index in [1.54, 1.807) is 6.20 Å². The third kappa shape index (κ3) is 3.41. The molecule has 0 aromatic carbocycles. The molecule has 1 unspecified atom stereocenters. The minimum Gasteiger partial charge on any atom is -0.355 e. The standard InChI is InChI=1S/C11H17ClN4OS/c1-2-14-11(17)8-5-13-3-4-16(8)7-10-15-6-9(12)18-10/h6,8,13H,2-5,7H2,1H3,(H,14,17). The second-order valence-corrected chi connectivity index (χ2v) is 5.89. The van der Waals surface area contributed by atoms with E-state index in [1.165, 1.54) is 11.3 Å². The number of piperazine rings is 1. The van der Waals surface area contributed by atoms with E-state index in [2.05, 4.69) is 20.5 Å². The zero-order chi connectivity index (χ0) is 13.0. The van der Waals surface area contributed by atoms with Crippen LogP contribution in [0, 0.1) is 0 Å². The number of carbonyl (C=O) groups excluding carboxylic acids is 1. The second kappa shape index (κ2) is 6.47. The van der Waals surface area contributed by atoms with E-state index < -0.39 is 0 Å². The fourth-order valence-corrected chi connectivity index (χ4v) is 3.00. The van der Waals surface area contributed by atoms with Crippen molar-refractivity contribution in [2.75, 3.05) is 26.2 Å². The van der Waals surface area contributed by atoms with Crippen LogP contribution in [0.25, 0.3) is 0 Å². The Morgan fingerprint density at radius 3 is 3.28 bits per heavy atom. The van der Waals surface area contributed by atoms with Crippen molar-refractivity contribution in [1.82, 2.24) is 20.5 Å². The summed E-state index contributed by atoms with van der Waals surface area (Å²) in [5, 5.41) is 7.08. The van der Waals surface area contributed by atoms with Crippen molar-refractivity contribution < 1.29 is 4.79 Å². The van der Waals surface area contributed by atoms with Gasteiger partial charge < -0.3 is 10.6 Å². The zero-order valence-electron chi connectivity index (χ0n) is 10.3. The maximum absolute atomic E-state index is 12.0. The van der Waals surface area contributed by atoms with Crippen molar-refractivity contribution in [2.24, 2.45) is 0 Å². The van der Waals surface area contributed by atoms with Gasteiger partial charge in [-0.25, -0.2) is 4.98 Å². The smallest absolute Gasteiger partial charge is 0.238 e. The minimum absolute atomic E-state index is 0.0763. The van der Waals surface area contributed by atoms with Crippen molar-refractivity contribution >= 4 is 28.8 Å². The number of nitrogens with one attached hydrogen (secondary N) is 2. The highest BCUT2D eigenvalue weighted by atomic mass is 35.5. The lowest BCUT2D eigenvalue weighted by atomic mass is 10.2. The summed E-state index contributed by atoms with van der Waals surface area (Å²) in [6.45, 7) is 5.70. The van der Waals surface area contributed by atoms with E-state index in [0.29, 0.717) is 24.0 Å². The van der Waals surface area contributed by atoms with Crippen molar-refractivity contribution in [3.05, 3.63) is 15.5 Å². The molecule has 0 radical (unpaired) electrons. The predicted molar refractivity (Wildman–Crippen MR) is 72.9 cm³/mol. The highest BCUT2D eigenvalue weighted by Gasteiger charge is 2.28. The molecule has 1 atom stereocenters. The zero-order valence-corrected chi connectivity index (χ0v) is 11.9. The molecule has 1 aromatic heterocycles. The Bertz CT molecular complexity index is 412. The van der Waals surface area contributed by atoms with Crippen LogP contribution < -0.4 is 10.6 Å². The first-order valence-corrected chi connectivity index (χ1v) is 7.23. The van der Waals surface area contributed by atoms with E-state index in [4.69, 9.17) is 11.6 Å². The topological polar surface area (TPSA) is 57.3 Å². The van der Waals surface area contributed by atoms with Gasteiger partial charge in [-0.3, -0.25) is 9.69 Å². The molecule has 100 valence electrons. The lowest BCUT2D eigenvalue weighted by Crippen LogP contribution is -2.57. The number of amides is 1. The van der Waals surface area contributed by atoms with Crippen LogP contribution in [0.1, 0.15) is 11.9 Å². The first-order valence-electron chi connectivity index (χ1n) is 6.03. The number of likely N-dealkylation sites (N-methyl/N-ethyl adjacent to an activating group) is 1. The lowest BCUT2D eigenvalue weighted by molar-refractivity contribution is -0.127. The molecule has 2 N–H and O–H groups in total. The average Bonchev–Trinajstić information content (AvgIpc) is 2.76. The van der Waals surface area contributed by atoms with Crippen LogP contribution in [0.5, 0.6) is 0 Å². The molecule has 18 heavy (non-hydrogen) atoms. The fraction of sp³-hybridized carbons (Fsp3) is 0.636. The molecule has 1 amide bonds. The molecule has 1 saturated heterocycles. The molecule has 0 saturated carbocycles. The third-order valence-corrected chi connectivity index (χ3v) is 3.97. The lowest BCUT2D eigenvalue weighted by Gasteiger charge is -2.34. The molecular formula is C11H17ClN4OS. The van der Waals surface area contributed by atoms with Crippen LogP contribution in [0.3, 0.4) is 0 Å². The number of thiazole rings is 1. The van der Waals surface area contributed by atoms with Crippen LogP contribution in [-0.2, 0) is 11.3 Å². The van der Waals surface area contributed by atoms with Gasteiger partial charge in [0.1, 0.15) is 15.4 Å². The molecule has 1 fully saturated rings. The van der Waals surface area contributed by atoms with Gasteiger partial charge in [0, 0.05) is 26.2 Å². The van der Waals surface area contributed by atoms with E-state index in [1.807, 2.05) is 6.92 Å². The fourth-order valence-electron chi connectivity index (χ4n) is 2.02. The predicted octanol–water partition coefficient (Wildman–Crippen LogP) is 0.706. The van der Waals surface area contributed by atoms with E-state index in [9.17, 15) is 4.79 Å². The maximum Gasteiger partial charge on any atom is 0.238 e. The van der Waals surface area contributed by atoms with Crippen molar-refractivity contribution in [3.8, 4) is 0 Å². The Balaban J connectivity index is 2.01. The number of rotatable bonds is 4. The van der Waals surface area contributed by atoms with Gasteiger partial charge >= 0.3 is 0 Å². The normalized spacial score (nSPS) is 20.9. The number of hydrogen-bond donors (Lipinski definition) is 2. The Morgan fingerprint density at radius 2 is 2.61 bits per heavy atom. The molecule has 7 heteroatoms. The van der Waals surface area contributed by atoms with Crippen LogP contribution in [0.15, 0.2) is 6.20 Å². The number of aromatic nitrogens is 1. The monoisotopic (exact) mass is 288 g/mol. The molecular weight excluding hydrogens is 272 g/mol. The summed E-state index contributed by atoms with van der Waals surface area (Å²) < 4.78 is 0.690. The first kappa shape index (κ1) is 13.7. The molecule has 1 aliphatic heterocycles. The number of nitrogens with zero attached hydrogens (tertiary/aromatic N) is 2. The van der Waals surface area contributed by atoms with Gasteiger partial charge in [0.15, 0.2) is 0 Å². The van der Waals surface area contributed by atoms with Crippen molar-refractivity contribution in [2.45, 2.75) is 19.5 Å². The molecule has 5 nitrogen and oxygen atoms in total.